The van der Waals surface area contributed by atoms with Crippen molar-refractivity contribution in [1.29, 1.82) is 0 Å². The lowest BCUT2D eigenvalue weighted by molar-refractivity contribution is -0.131. The average Bonchev–Trinajstić information content (AvgIpc) is 3.25. The second-order valence-corrected chi connectivity index (χ2v) is 7.24. The summed E-state index contributed by atoms with van der Waals surface area (Å²) < 4.78 is 0. The van der Waals surface area contributed by atoms with Gasteiger partial charge in [-0.3, -0.25) is 14.5 Å². The molecule has 9 heteroatoms. The van der Waals surface area contributed by atoms with E-state index in [2.05, 4.69) is 20.8 Å². The van der Waals surface area contributed by atoms with Gasteiger partial charge in [0.05, 0.1) is 0 Å². The maximum atomic E-state index is 12.5. The second kappa shape index (κ2) is 6.84. The number of amides is 4. The highest BCUT2D eigenvalue weighted by atomic mass is 32.1. The maximum absolute atomic E-state index is 12.5. The van der Waals surface area contributed by atoms with Gasteiger partial charge in [0, 0.05) is 13.0 Å². The molecule has 2 aliphatic rings. The van der Waals surface area contributed by atoms with E-state index in [1.54, 1.807) is 0 Å². The van der Waals surface area contributed by atoms with E-state index < -0.39 is 5.54 Å². The number of aromatic nitrogens is 2. The molecule has 2 heterocycles. The number of carbonyl (C=O) groups is 3. The Hall–Kier alpha value is -2.03. The Morgan fingerprint density at radius 3 is 2.75 bits per heavy atom. The second-order valence-electron chi connectivity index (χ2n) is 6.18. The number of hydrogen-bond acceptors (Lipinski definition) is 6. The lowest BCUT2D eigenvalue weighted by atomic mass is 9.98. The van der Waals surface area contributed by atoms with E-state index in [4.69, 9.17) is 0 Å². The summed E-state index contributed by atoms with van der Waals surface area (Å²) in [6.45, 7) is 2.23. The third kappa shape index (κ3) is 3.26. The Labute approximate surface area is 144 Å². The van der Waals surface area contributed by atoms with E-state index in [-0.39, 0.29) is 30.8 Å². The standard InChI is InChI=1S/C15H21N5O3S/c1-2-11-18-19-13(24-11)16-10(21)6-5-9-20-12(22)15(17-14(20)23)7-3-4-8-15/h2-9H2,1H3,(H,17,23)(H,16,19,21). The first-order valence-electron chi connectivity index (χ1n) is 8.30. The summed E-state index contributed by atoms with van der Waals surface area (Å²) in [5, 5.41) is 14.7. The minimum absolute atomic E-state index is 0.137. The summed E-state index contributed by atoms with van der Waals surface area (Å²) in [5.74, 6) is -0.321. The van der Waals surface area contributed by atoms with Crippen LogP contribution in [-0.4, -0.2) is 45.0 Å². The Morgan fingerprint density at radius 1 is 1.33 bits per heavy atom. The predicted octanol–water partition coefficient (Wildman–Crippen LogP) is 1.68. The van der Waals surface area contributed by atoms with Gasteiger partial charge in [-0.2, -0.15) is 0 Å². The van der Waals surface area contributed by atoms with Crippen LogP contribution in [-0.2, 0) is 16.0 Å². The summed E-state index contributed by atoms with van der Waals surface area (Å²) in [6.07, 6.45) is 4.79. The molecule has 0 unspecified atom stereocenters. The van der Waals surface area contributed by atoms with E-state index in [1.165, 1.54) is 16.2 Å². The zero-order valence-corrected chi connectivity index (χ0v) is 14.4. The van der Waals surface area contributed by atoms with Gasteiger partial charge in [0.25, 0.3) is 5.91 Å². The Balaban J connectivity index is 1.46. The molecule has 1 spiro atoms. The number of aryl methyl sites for hydroxylation is 1. The molecule has 1 aliphatic carbocycles. The Kier molecular flexibility index (Phi) is 4.79. The highest BCUT2D eigenvalue weighted by Crippen LogP contribution is 2.35. The zero-order valence-electron chi connectivity index (χ0n) is 13.6. The lowest BCUT2D eigenvalue weighted by Gasteiger charge is -2.19. The van der Waals surface area contributed by atoms with Gasteiger partial charge in [-0.05, 0) is 25.7 Å². The normalized spacial score (nSPS) is 19.1. The van der Waals surface area contributed by atoms with E-state index in [0.717, 1.165) is 24.3 Å². The van der Waals surface area contributed by atoms with Crippen molar-refractivity contribution in [3.05, 3.63) is 5.01 Å². The summed E-state index contributed by atoms with van der Waals surface area (Å²) in [4.78, 5) is 37.7. The van der Waals surface area contributed by atoms with Gasteiger partial charge in [0.2, 0.25) is 11.0 Å². The van der Waals surface area contributed by atoms with Crippen LogP contribution in [0.25, 0.3) is 0 Å². The van der Waals surface area contributed by atoms with Gasteiger partial charge in [-0.15, -0.1) is 10.2 Å². The zero-order chi connectivity index (χ0) is 17.2. The van der Waals surface area contributed by atoms with Crippen molar-refractivity contribution in [2.45, 2.75) is 57.4 Å². The molecule has 1 aromatic rings. The highest BCUT2D eigenvalue weighted by molar-refractivity contribution is 7.15. The van der Waals surface area contributed by atoms with Crippen LogP contribution in [0.5, 0.6) is 0 Å². The molecule has 8 nitrogen and oxygen atoms in total. The number of imide groups is 1. The summed E-state index contributed by atoms with van der Waals surface area (Å²) in [5.41, 5.74) is -0.678. The van der Waals surface area contributed by atoms with E-state index in [0.29, 0.717) is 24.4 Å². The predicted molar refractivity (Wildman–Crippen MR) is 88.6 cm³/mol. The van der Waals surface area contributed by atoms with Crippen molar-refractivity contribution in [2.24, 2.45) is 0 Å². The fourth-order valence-electron chi connectivity index (χ4n) is 3.22. The molecule has 2 fully saturated rings. The van der Waals surface area contributed by atoms with Gasteiger partial charge >= 0.3 is 6.03 Å². The number of nitrogens with one attached hydrogen (secondary N) is 2. The molecule has 0 aromatic carbocycles. The van der Waals surface area contributed by atoms with Crippen LogP contribution in [0.2, 0.25) is 0 Å². The monoisotopic (exact) mass is 351 g/mol. The molecule has 24 heavy (non-hydrogen) atoms. The summed E-state index contributed by atoms with van der Waals surface area (Å²) in [7, 11) is 0. The van der Waals surface area contributed by atoms with Crippen molar-refractivity contribution in [3.63, 3.8) is 0 Å². The molecule has 1 saturated carbocycles. The molecule has 1 aliphatic heterocycles. The summed E-state index contributed by atoms with van der Waals surface area (Å²) >= 11 is 1.35. The fraction of sp³-hybridized carbons (Fsp3) is 0.667. The van der Waals surface area contributed by atoms with Crippen LogP contribution < -0.4 is 10.6 Å². The Bertz CT molecular complexity index is 653. The molecule has 2 N–H and O–H groups in total. The molecule has 4 amide bonds. The third-order valence-electron chi connectivity index (χ3n) is 4.50. The molecular formula is C15H21N5O3S. The number of urea groups is 1. The van der Waals surface area contributed by atoms with Crippen LogP contribution in [0.4, 0.5) is 9.93 Å². The van der Waals surface area contributed by atoms with E-state index >= 15 is 0 Å². The summed E-state index contributed by atoms with van der Waals surface area (Å²) in [6, 6.07) is -0.334. The first kappa shape index (κ1) is 16.8. The number of anilines is 1. The lowest BCUT2D eigenvalue weighted by Crippen LogP contribution is -2.44. The van der Waals surface area contributed by atoms with Crippen LogP contribution in [0, 0.1) is 0 Å². The highest BCUT2D eigenvalue weighted by Gasteiger charge is 2.51. The van der Waals surface area contributed by atoms with Crippen LogP contribution in [0.15, 0.2) is 0 Å². The van der Waals surface area contributed by atoms with Crippen molar-refractivity contribution in [3.8, 4) is 0 Å². The molecule has 3 rings (SSSR count). The molecule has 1 aromatic heterocycles. The van der Waals surface area contributed by atoms with Gasteiger partial charge in [-0.1, -0.05) is 31.1 Å². The van der Waals surface area contributed by atoms with Gasteiger partial charge in [-0.25, -0.2) is 4.79 Å². The third-order valence-corrected chi connectivity index (χ3v) is 5.49. The molecular weight excluding hydrogens is 330 g/mol. The maximum Gasteiger partial charge on any atom is 0.325 e. The largest absolute Gasteiger partial charge is 0.325 e. The molecule has 0 radical (unpaired) electrons. The van der Waals surface area contributed by atoms with Crippen LogP contribution in [0.3, 0.4) is 0 Å². The molecule has 0 atom stereocenters. The molecule has 1 saturated heterocycles. The van der Waals surface area contributed by atoms with Crippen molar-refractivity contribution >= 4 is 34.3 Å². The minimum Gasteiger partial charge on any atom is -0.323 e. The number of hydrogen-bond donors (Lipinski definition) is 2. The first-order valence-corrected chi connectivity index (χ1v) is 9.12. The van der Waals surface area contributed by atoms with Gasteiger partial charge in [0.15, 0.2) is 0 Å². The van der Waals surface area contributed by atoms with Crippen molar-refractivity contribution < 1.29 is 14.4 Å². The quantitative estimate of drug-likeness (QED) is 0.759. The van der Waals surface area contributed by atoms with Crippen molar-refractivity contribution in [2.75, 3.05) is 11.9 Å². The number of nitrogens with zero attached hydrogens (tertiary/aromatic N) is 3. The van der Waals surface area contributed by atoms with Crippen LogP contribution >= 0.6 is 11.3 Å². The molecule has 0 bridgehead atoms. The van der Waals surface area contributed by atoms with Gasteiger partial charge < -0.3 is 10.6 Å². The van der Waals surface area contributed by atoms with Crippen LogP contribution in [0.1, 0.15) is 50.5 Å². The SMILES string of the molecule is CCc1nnc(NC(=O)CCCN2C(=O)NC3(CCCC3)C2=O)s1. The minimum atomic E-state index is -0.678. The number of rotatable bonds is 6. The first-order chi connectivity index (χ1) is 11.5. The average molecular weight is 351 g/mol. The van der Waals surface area contributed by atoms with E-state index in [9.17, 15) is 14.4 Å². The van der Waals surface area contributed by atoms with Gasteiger partial charge in [0.1, 0.15) is 10.5 Å². The Morgan fingerprint density at radius 2 is 2.08 bits per heavy atom. The fourth-order valence-corrected chi connectivity index (χ4v) is 3.92. The number of carbonyl (C=O) groups excluding carboxylic acids is 3. The van der Waals surface area contributed by atoms with E-state index in [1.807, 2.05) is 6.92 Å². The smallest absolute Gasteiger partial charge is 0.323 e. The van der Waals surface area contributed by atoms with Crippen molar-refractivity contribution in [1.82, 2.24) is 20.4 Å². The molecule has 130 valence electrons. The topological polar surface area (TPSA) is 104 Å².